The topological polar surface area (TPSA) is 57.6 Å². The van der Waals surface area contributed by atoms with Crippen LogP contribution in [-0.2, 0) is 11.2 Å². The summed E-state index contributed by atoms with van der Waals surface area (Å²) in [5, 5.41) is 9.30. The molecule has 1 aromatic carbocycles. The van der Waals surface area contributed by atoms with Crippen LogP contribution in [0.4, 0.5) is 4.79 Å². The summed E-state index contributed by atoms with van der Waals surface area (Å²) in [6.45, 7) is 0.987. The number of carbonyl (C=O) groups is 2. The second-order valence-corrected chi connectivity index (χ2v) is 6.03. The molecule has 1 aromatic rings. The first-order valence-corrected chi connectivity index (χ1v) is 7.35. The summed E-state index contributed by atoms with van der Waals surface area (Å²) in [7, 11) is 0. The lowest BCUT2D eigenvalue weighted by Crippen LogP contribution is -2.49. The summed E-state index contributed by atoms with van der Waals surface area (Å²) >= 11 is 0. The number of ketones is 1. The number of carbonyl (C=O) groups excluding carboxylic acids is 1. The number of carboxylic acid groups (broad SMARTS) is 1. The van der Waals surface area contributed by atoms with Crippen molar-refractivity contribution < 1.29 is 14.7 Å². The number of piperidine rings is 1. The van der Waals surface area contributed by atoms with Crippen LogP contribution < -0.4 is 0 Å². The van der Waals surface area contributed by atoms with Crippen LogP contribution in [0.5, 0.6) is 0 Å². The minimum atomic E-state index is -0.863. The lowest BCUT2D eigenvalue weighted by atomic mass is 9.65. The highest BCUT2D eigenvalue weighted by Gasteiger charge is 2.43. The Balaban J connectivity index is 1.94. The van der Waals surface area contributed by atoms with Gasteiger partial charge in [0.1, 0.15) is 0 Å². The highest BCUT2D eigenvalue weighted by atomic mass is 16.4. The van der Waals surface area contributed by atoms with Crippen molar-refractivity contribution in [1.82, 2.24) is 4.90 Å². The summed E-state index contributed by atoms with van der Waals surface area (Å²) in [6.07, 6.45) is 3.64. The predicted octanol–water partition coefficient (Wildman–Crippen LogP) is 2.89. The minimum absolute atomic E-state index is 0.178. The van der Waals surface area contributed by atoms with Gasteiger partial charge in [-0.2, -0.15) is 0 Å². The first kappa shape index (κ1) is 13.9. The summed E-state index contributed by atoms with van der Waals surface area (Å²) < 4.78 is 0. The van der Waals surface area contributed by atoms with E-state index in [1.54, 1.807) is 6.08 Å². The molecular formula is C17H19NO3. The SMILES string of the molecule is O=C1C=C2CCN(C(=O)O)C[C@@]2(Cc2ccccc2)CC1. The maximum Gasteiger partial charge on any atom is 0.407 e. The molecule has 4 heteroatoms. The van der Waals surface area contributed by atoms with Gasteiger partial charge in [0.05, 0.1) is 0 Å². The Labute approximate surface area is 124 Å². The van der Waals surface area contributed by atoms with Crippen LogP contribution in [0.1, 0.15) is 24.8 Å². The summed E-state index contributed by atoms with van der Waals surface area (Å²) in [6, 6.07) is 10.1. The van der Waals surface area contributed by atoms with Crippen molar-refractivity contribution in [2.24, 2.45) is 5.41 Å². The maximum atomic E-state index is 11.7. The van der Waals surface area contributed by atoms with E-state index in [1.165, 1.54) is 10.5 Å². The lowest BCUT2D eigenvalue weighted by molar-refractivity contribution is -0.116. The van der Waals surface area contributed by atoms with Crippen molar-refractivity contribution >= 4 is 11.9 Å². The van der Waals surface area contributed by atoms with Crippen LogP contribution in [0.3, 0.4) is 0 Å². The highest BCUT2D eigenvalue weighted by molar-refractivity contribution is 5.91. The van der Waals surface area contributed by atoms with Crippen LogP contribution in [0, 0.1) is 5.41 Å². The fourth-order valence-corrected chi connectivity index (χ4v) is 3.57. The monoisotopic (exact) mass is 285 g/mol. The third kappa shape index (κ3) is 2.71. The Kier molecular flexibility index (Phi) is 3.53. The van der Waals surface area contributed by atoms with Gasteiger partial charge in [-0.15, -0.1) is 0 Å². The average Bonchev–Trinajstić information content (AvgIpc) is 2.48. The molecule has 1 aliphatic carbocycles. The number of benzene rings is 1. The fraction of sp³-hybridized carbons (Fsp3) is 0.412. The first-order valence-electron chi connectivity index (χ1n) is 7.35. The molecule has 0 saturated carbocycles. The average molecular weight is 285 g/mol. The molecule has 4 nitrogen and oxygen atoms in total. The van der Waals surface area contributed by atoms with Crippen molar-refractivity contribution in [3.05, 3.63) is 47.5 Å². The van der Waals surface area contributed by atoms with Crippen molar-refractivity contribution in [3.63, 3.8) is 0 Å². The number of hydrogen-bond donors (Lipinski definition) is 1. The molecule has 0 radical (unpaired) electrons. The highest BCUT2D eigenvalue weighted by Crippen LogP contribution is 2.44. The summed E-state index contributed by atoms with van der Waals surface area (Å²) in [5.41, 5.74) is 2.14. The molecular weight excluding hydrogens is 266 g/mol. The Morgan fingerprint density at radius 1 is 1.24 bits per heavy atom. The molecule has 0 unspecified atom stereocenters. The van der Waals surface area contributed by atoms with Gasteiger partial charge in [0, 0.05) is 24.9 Å². The quantitative estimate of drug-likeness (QED) is 0.909. The first-order chi connectivity index (χ1) is 10.1. The fourth-order valence-electron chi connectivity index (χ4n) is 3.57. The molecule has 1 aliphatic heterocycles. The largest absolute Gasteiger partial charge is 0.465 e. The smallest absolute Gasteiger partial charge is 0.407 e. The van der Waals surface area contributed by atoms with Gasteiger partial charge in [-0.25, -0.2) is 4.79 Å². The van der Waals surface area contributed by atoms with Crippen LogP contribution in [0.15, 0.2) is 42.0 Å². The van der Waals surface area contributed by atoms with E-state index in [1.807, 2.05) is 18.2 Å². The van der Waals surface area contributed by atoms with Crippen LogP contribution >= 0.6 is 0 Å². The van der Waals surface area contributed by atoms with E-state index in [0.29, 0.717) is 25.9 Å². The second-order valence-electron chi connectivity index (χ2n) is 6.03. The van der Waals surface area contributed by atoms with Crippen molar-refractivity contribution in [2.75, 3.05) is 13.1 Å². The third-order valence-electron chi connectivity index (χ3n) is 4.67. The van der Waals surface area contributed by atoms with Gasteiger partial charge in [-0.1, -0.05) is 35.9 Å². The number of allylic oxidation sites excluding steroid dienone is 1. The van der Waals surface area contributed by atoms with E-state index in [2.05, 4.69) is 12.1 Å². The predicted molar refractivity (Wildman–Crippen MR) is 79.1 cm³/mol. The molecule has 3 rings (SSSR count). The van der Waals surface area contributed by atoms with Gasteiger partial charge in [-0.05, 0) is 30.9 Å². The van der Waals surface area contributed by atoms with E-state index in [4.69, 9.17) is 0 Å². The van der Waals surface area contributed by atoms with Crippen molar-refractivity contribution in [1.29, 1.82) is 0 Å². The van der Waals surface area contributed by atoms with Gasteiger partial charge >= 0.3 is 6.09 Å². The number of fused-ring (bicyclic) bond motifs is 1. The van der Waals surface area contributed by atoms with Gasteiger partial charge in [0.2, 0.25) is 0 Å². The molecule has 1 atom stereocenters. The van der Waals surface area contributed by atoms with Crippen LogP contribution in [0.2, 0.25) is 0 Å². The molecule has 110 valence electrons. The normalized spacial score (nSPS) is 25.2. The molecule has 0 bridgehead atoms. The molecule has 21 heavy (non-hydrogen) atoms. The molecule has 1 saturated heterocycles. The van der Waals surface area contributed by atoms with E-state index in [9.17, 15) is 14.7 Å². The molecule has 1 fully saturated rings. The Morgan fingerprint density at radius 3 is 2.71 bits per heavy atom. The second kappa shape index (κ2) is 5.35. The van der Waals surface area contributed by atoms with Crippen LogP contribution in [-0.4, -0.2) is 35.0 Å². The van der Waals surface area contributed by atoms with Gasteiger partial charge in [0.25, 0.3) is 0 Å². The molecule has 0 aromatic heterocycles. The van der Waals surface area contributed by atoms with Crippen molar-refractivity contribution in [3.8, 4) is 0 Å². The summed E-state index contributed by atoms with van der Waals surface area (Å²) in [4.78, 5) is 24.5. The zero-order chi connectivity index (χ0) is 14.9. The Bertz CT molecular complexity index is 593. The molecule has 1 N–H and O–H groups in total. The molecule has 2 aliphatic rings. The van der Waals surface area contributed by atoms with Gasteiger partial charge < -0.3 is 10.0 Å². The Morgan fingerprint density at radius 2 is 2.00 bits per heavy atom. The maximum absolute atomic E-state index is 11.7. The van der Waals surface area contributed by atoms with Crippen LogP contribution in [0.25, 0.3) is 0 Å². The van der Waals surface area contributed by atoms with Crippen molar-refractivity contribution in [2.45, 2.75) is 25.7 Å². The number of hydrogen-bond acceptors (Lipinski definition) is 2. The molecule has 1 amide bonds. The standard InChI is InChI=1S/C17H19NO3/c19-15-6-8-17(11-13-4-2-1-3-5-13)12-18(16(20)21)9-7-14(17)10-15/h1-5,10H,6-9,11-12H2,(H,20,21)/t17-/m0/s1. The van der Waals surface area contributed by atoms with E-state index in [0.717, 1.165) is 18.4 Å². The Hall–Kier alpha value is -2.10. The van der Waals surface area contributed by atoms with E-state index >= 15 is 0 Å². The lowest BCUT2D eigenvalue weighted by Gasteiger charge is -2.46. The number of likely N-dealkylation sites (tertiary alicyclic amines) is 1. The zero-order valence-corrected chi connectivity index (χ0v) is 11.9. The number of rotatable bonds is 2. The summed E-state index contributed by atoms with van der Waals surface area (Å²) in [5.74, 6) is 0.178. The zero-order valence-electron chi connectivity index (χ0n) is 11.9. The van der Waals surface area contributed by atoms with Gasteiger partial charge in [0.15, 0.2) is 5.78 Å². The van der Waals surface area contributed by atoms with E-state index < -0.39 is 6.09 Å². The molecule has 0 spiro atoms. The minimum Gasteiger partial charge on any atom is -0.465 e. The third-order valence-corrected chi connectivity index (χ3v) is 4.67. The number of nitrogens with zero attached hydrogens (tertiary/aromatic N) is 1. The number of amides is 1. The van der Waals surface area contributed by atoms with E-state index in [-0.39, 0.29) is 11.2 Å². The van der Waals surface area contributed by atoms with Gasteiger partial charge in [-0.3, -0.25) is 4.79 Å². The molecule has 1 heterocycles.